The number of rotatable bonds is 4. The molecule has 0 amide bonds. The lowest BCUT2D eigenvalue weighted by atomic mass is 10.3. The molecule has 0 aliphatic heterocycles. The first-order valence-corrected chi connectivity index (χ1v) is 6.42. The molecule has 0 fully saturated rings. The van der Waals surface area contributed by atoms with E-state index >= 15 is 0 Å². The maximum Gasteiger partial charge on any atom is 0.195 e. The fraction of sp³-hybridized carbons (Fsp3) is 0.556. The van der Waals surface area contributed by atoms with Crippen LogP contribution in [0.2, 0.25) is 0 Å². The lowest BCUT2D eigenvalue weighted by Gasteiger charge is -2.02. The Bertz CT molecular complexity index is 524. The van der Waals surface area contributed by atoms with E-state index in [1.807, 2.05) is 4.57 Å². The van der Waals surface area contributed by atoms with Crippen LogP contribution < -0.4 is 0 Å². The Balaban J connectivity index is 2.51. The lowest BCUT2D eigenvalue weighted by Crippen LogP contribution is -2.00. The molecule has 0 atom stereocenters. The Morgan fingerprint density at radius 2 is 2.25 bits per heavy atom. The number of aromatic nitrogens is 5. The summed E-state index contributed by atoms with van der Waals surface area (Å²) in [5.41, 5.74) is 0.983. The molecule has 2 heterocycles. The Kier molecular flexibility index (Phi) is 3.45. The zero-order valence-electron chi connectivity index (χ0n) is 9.23. The molecule has 0 bridgehead atoms. The van der Waals surface area contributed by atoms with Crippen molar-refractivity contribution in [3.63, 3.8) is 0 Å². The lowest BCUT2D eigenvalue weighted by molar-refractivity contribution is 0.675. The standard InChI is InChI=1S/C9H13N5S2/c1-3-5-14-8(11-12-9(14)15)7-6(4-2)10-13-16-7/h3-5H2,1-2H3,(H,12,15). The first-order chi connectivity index (χ1) is 7.77. The fourth-order valence-electron chi connectivity index (χ4n) is 1.53. The second-order valence-electron chi connectivity index (χ2n) is 3.41. The van der Waals surface area contributed by atoms with Gasteiger partial charge in [-0.05, 0) is 36.6 Å². The van der Waals surface area contributed by atoms with Crippen molar-refractivity contribution in [2.45, 2.75) is 33.2 Å². The predicted molar refractivity (Wildman–Crippen MR) is 66.0 cm³/mol. The van der Waals surface area contributed by atoms with Gasteiger partial charge in [0.05, 0.1) is 5.69 Å². The molecule has 5 nitrogen and oxygen atoms in total. The molecule has 0 radical (unpaired) electrons. The van der Waals surface area contributed by atoms with Crippen molar-refractivity contribution in [1.82, 2.24) is 24.4 Å². The van der Waals surface area contributed by atoms with Gasteiger partial charge >= 0.3 is 0 Å². The highest BCUT2D eigenvalue weighted by molar-refractivity contribution is 7.71. The number of aromatic amines is 1. The molecule has 0 spiro atoms. The number of aryl methyl sites for hydroxylation is 1. The van der Waals surface area contributed by atoms with E-state index in [2.05, 4.69) is 33.6 Å². The van der Waals surface area contributed by atoms with Gasteiger partial charge in [0.15, 0.2) is 10.6 Å². The normalized spacial score (nSPS) is 10.9. The molecule has 86 valence electrons. The van der Waals surface area contributed by atoms with Gasteiger partial charge in [0.2, 0.25) is 0 Å². The van der Waals surface area contributed by atoms with E-state index in [1.165, 1.54) is 11.5 Å². The molecule has 0 saturated heterocycles. The van der Waals surface area contributed by atoms with Crippen molar-refractivity contribution in [3.05, 3.63) is 10.5 Å². The van der Waals surface area contributed by atoms with Gasteiger partial charge in [0.1, 0.15) is 4.88 Å². The van der Waals surface area contributed by atoms with Crippen LogP contribution in [-0.2, 0) is 13.0 Å². The molecule has 2 aromatic heterocycles. The Hall–Kier alpha value is -1.08. The van der Waals surface area contributed by atoms with Crippen LogP contribution in [0.15, 0.2) is 0 Å². The number of nitrogens with zero attached hydrogens (tertiary/aromatic N) is 4. The highest BCUT2D eigenvalue weighted by atomic mass is 32.1. The van der Waals surface area contributed by atoms with Crippen LogP contribution in [0.25, 0.3) is 10.7 Å². The summed E-state index contributed by atoms with van der Waals surface area (Å²) in [6.45, 7) is 5.04. The third-order valence-electron chi connectivity index (χ3n) is 2.30. The molecule has 2 aromatic rings. The molecule has 0 saturated carbocycles. The minimum Gasteiger partial charge on any atom is -0.299 e. The van der Waals surface area contributed by atoms with E-state index in [4.69, 9.17) is 12.2 Å². The average Bonchev–Trinajstić information content (AvgIpc) is 2.87. The monoisotopic (exact) mass is 255 g/mol. The van der Waals surface area contributed by atoms with Crippen molar-refractivity contribution >= 4 is 23.8 Å². The molecule has 16 heavy (non-hydrogen) atoms. The molecule has 0 unspecified atom stereocenters. The van der Waals surface area contributed by atoms with Crippen LogP contribution in [0, 0.1) is 4.77 Å². The van der Waals surface area contributed by atoms with Crippen molar-refractivity contribution in [1.29, 1.82) is 0 Å². The van der Waals surface area contributed by atoms with Gasteiger partial charge in [0.25, 0.3) is 0 Å². The molecule has 0 aliphatic carbocycles. The SMILES string of the molecule is CCCn1c(-c2snnc2CC)n[nH]c1=S. The van der Waals surface area contributed by atoms with Crippen LogP contribution in [-0.4, -0.2) is 24.4 Å². The van der Waals surface area contributed by atoms with Gasteiger partial charge in [-0.2, -0.15) is 5.10 Å². The number of H-pyrrole nitrogens is 1. The molecule has 1 N–H and O–H groups in total. The Labute approximate surface area is 103 Å². The third kappa shape index (κ3) is 1.92. The topological polar surface area (TPSA) is 59.4 Å². The zero-order chi connectivity index (χ0) is 11.5. The zero-order valence-corrected chi connectivity index (χ0v) is 10.9. The minimum atomic E-state index is 0.660. The van der Waals surface area contributed by atoms with Gasteiger partial charge in [-0.15, -0.1) is 5.10 Å². The van der Waals surface area contributed by atoms with Crippen molar-refractivity contribution in [2.24, 2.45) is 0 Å². The van der Waals surface area contributed by atoms with Gasteiger partial charge in [-0.25, -0.2) is 0 Å². The summed E-state index contributed by atoms with van der Waals surface area (Å²) < 4.78 is 6.63. The summed E-state index contributed by atoms with van der Waals surface area (Å²) in [5, 5.41) is 11.2. The third-order valence-corrected chi connectivity index (χ3v) is 3.37. The summed E-state index contributed by atoms with van der Waals surface area (Å²) in [5.74, 6) is 0.860. The van der Waals surface area contributed by atoms with E-state index in [-0.39, 0.29) is 0 Å². The van der Waals surface area contributed by atoms with Crippen molar-refractivity contribution in [3.8, 4) is 10.7 Å². The molecule has 0 aromatic carbocycles. The van der Waals surface area contributed by atoms with Crippen LogP contribution in [0.3, 0.4) is 0 Å². The van der Waals surface area contributed by atoms with Crippen LogP contribution >= 0.6 is 23.8 Å². The van der Waals surface area contributed by atoms with Crippen LogP contribution in [0.5, 0.6) is 0 Å². The second-order valence-corrected chi connectivity index (χ2v) is 4.55. The van der Waals surface area contributed by atoms with E-state index < -0.39 is 0 Å². The summed E-state index contributed by atoms with van der Waals surface area (Å²) in [7, 11) is 0. The first kappa shape index (κ1) is 11.4. The fourth-order valence-corrected chi connectivity index (χ4v) is 2.50. The number of hydrogen-bond donors (Lipinski definition) is 1. The summed E-state index contributed by atoms with van der Waals surface area (Å²) >= 11 is 6.57. The van der Waals surface area contributed by atoms with Crippen LogP contribution in [0.4, 0.5) is 0 Å². The number of hydrogen-bond acceptors (Lipinski definition) is 5. The predicted octanol–water partition coefficient (Wildman–Crippen LogP) is 2.43. The molecule has 7 heteroatoms. The first-order valence-electron chi connectivity index (χ1n) is 5.24. The maximum atomic E-state index is 5.20. The average molecular weight is 255 g/mol. The highest BCUT2D eigenvalue weighted by Crippen LogP contribution is 2.24. The van der Waals surface area contributed by atoms with Crippen molar-refractivity contribution in [2.75, 3.05) is 0 Å². The second kappa shape index (κ2) is 4.84. The Morgan fingerprint density at radius 1 is 1.44 bits per heavy atom. The van der Waals surface area contributed by atoms with Gasteiger partial charge in [0, 0.05) is 6.54 Å². The van der Waals surface area contributed by atoms with Gasteiger partial charge in [-0.3, -0.25) is 9.67 Å². The summed E-state index contributed by atoms with van der Waals surface area (Å²) in [6, 6.07) is 0. The smallest absolute Gasteiger partial charge is 0.195 e. The summed E-state index contributed by atoms with van der Waals surface area (Å²) in [4.78, 5) is 1.02. The van der Waals surface area contributed by atoms with Crippen LogP contribution in [0.1, 0.15) is 26.0 Å². The minimum absolute atomic E-state index is 0.660. The highest BCUT2D eigenvalue weighted by Gasteiger charge is 2.15. The number of nitrogens with one attached hydrogen (secondary N) is 1. The van der Waals surface area contributed by atoms with Gasteiger partial charge < -0.3 is 0 Å². The van der Waals surface area contributed by atoms with E-state index in [0.717, 1.165) is 35.8 Å². The Morgan fingerprint density at radius 3 is 2.94 bits per heavy atom. The quantitative estimate of drug-likeness (QED) is 0.852. The van der Waals surface area contributed by atoms with E-state index in [9.17, 15) is 0 Å². The van der Waals surface area contributed by atoms with E-state index in [1.54, 1.807) is 0 Å². The summed E-state index contributed by atoms with van der Waals surface area (Å²) in [6.07, 6.45) is 1.88. The largest absolute Gasteiger partial charge is 0.299 e. The molecule has 0 aliphatic rings. The maximum absolute atomic E-state index is 5.20. The van der Waals surface area contributed by atoms with Crippen molar-refractivity contribution < 1.29 is 0 Å². The molecular weight excluding hydrogens is 242 g/mol. The van der Waals surface area contributed by atoms with E-state index in [0.29, 0.717) is 4.77 Å². The van der Waals surface area contributed by atoms with Gasteiger partial charge in [-0.1, -0.05) is 18.3 Å². The molecular formula is C9H13N5S2. The molecule has 2 rings (SSSR count).